The van der Waals surface area contributed by atoms with E-state index in [1.54, 1.807) is 18.2 Å². The van der Waals surface area contributed by atoms with Gasteiger partial charge >= 0.3 is 0 Å². The number of carbonyl (C=O) groups is 1. The Hall–Kier alpha value is -0.730. The standard InChI is InChI=1S/C14H17Cl2NO/c15-12-8-4-7-11(13(12)16)14(18)17-9-10-5-2-1-3-6-10/h4,7-8,10H,1-3,5-6,9H2,(H,17,18). The number of benzene rings is 1. The zero-order valence-corrected chi connectivity index (χ0v) is 11.7. The fourth-order valence-corrected chi connectivity index (χ4v) is 2.79. The van der Waals surface area contributed by atoms with Crippen molar-refractivity contribution in [3.63, 3.8) is 0 Å². The number of rotatable bonds is 3. The molecule has 0 radical (unpaired) electrons. The molecule has 0 atom stereocenters. The summed E-state index contributed by atoms with van der Waals surface area (Å²) in [5, 5.41) is 3.71. The number of nitrogens with one attached hydrogen (secondary N) is 1. The van der Waals surface area contributed by atoms with Crippen molar-refractivity contribution in [2.75, 3.05) is 6.54 Å². The molecule has 98 valence electrons. The first-order valence-corrected chi connectivity index (χ1v) is 7.16. The highest BCUT2D eigenvalue weighted by Gasteiger charge is 2.16. The van der Waals surface area contributed by atoms with Gasteiger partial charge in [0, 0.05) is 6.54 Å². The van der Waals surface area contributed by atoms with Crippen LogP contribution in [0.15, 0.2) is 18.2 Å². The average molecular weight is 286 g/mol. The predicted molar refractivity (Wildman–Crippen MR) is 75.4 cm³/mol. The molecule has 0 bridgehead atoms. The van der Waals surface area contributed by atoms with E-state index in [1.807, 2.05) is 0 Å². The fraction of sp³-hybridized carbons (Fsp3) is 0.500. The summed E-state index contributed by atoms with van der Waals surface area (Å²) in [6, 6.07) is 5.12. The second kappa shape index (κ2) is 6.44. The first kappa shape index (κ1) is 13.7. The van der Waals surface area contributed by atoms with Gasteiger partial charge in [-0.05, 0) is 30.9 Å². The summed E-state index contributed by atoms with van der Waals surface area (Å²) in [5.74, 6) is 0.480. The van der Waals surface area contributed by atoms with E-state index in [4.69, 9.17) is 23.2 Å². The SMILES string of the molecule is O=C(NCC1CCCCC1)c1cccc(Cl)c1Cl. The third-order valence-electron chi connectivity index (χ3n) is 3.47. The van der Waals surface area contributed by atoms with Crippen molar-refractivity contribution in [2.45, 2.75) is 32.1 Å². The van der Waals surface area contributed by atoms with E-state index in [0.29, 0.717) is 21.5 Å². The molecule has 1 N–H and O–H groups in total. The van der Waals surface area contributed by atoms with Crippen LogP contribution in [0, 0.1) is 5.92 Å². The molecule has 0 unspecified atom stereocenters. The summed E-state index contributed by atoms with van der Waals surface area (Å²) in [6.45, 7) is 0.738. The summed E-state index contributed by atoms with van der Waals surface area (Å²) in [7, 11) is 0. The predicted octanol–water partition coefficient (Wildman–Crippen LogP) is 4.30. The van der Waals surface area contributed by atoms with Crippen LogP contribution in [-0.4, -0.2) is 12.5 Å². The molecule has 0 spiro atoms. The lowest BCUT2D eigenvalue weighted by molar-refractivity contribution is 0.0943. The third kappa shape index (κ3) is 3.39. The van der Waals surface area contributed by atoms with Crippen molar-refractivity contribution in [1.82, 2.24) is 5.32 Å². The second-order valence-electron chi connectivity index (χ2n) is 4.82. The monoisotopic (exact) mass is 285 g/mol. The number of halogens is 2. The highest BCUT2D eigenvalue weighted by atomic mass is 35.5. The summed E-state index contributed by atoms with van der Waals surface area (Å²) in [5.41, 5.74) is 0.458. The molecule has 18 heavy (non-hydrogen) atoms. The maximum atomic E-state index is 12.0. The van der Waals surface area contributed by atoms with Gasteiger partial charge in [0.25, 0.3) is 5.91 Å². The van der Waals surface area contributed by atoms with Crippen LogP contribution < -0.4 is 5.32 Å². The van der Waals surface area contributed by atoms with Crippen molar-refractivity contribution in [3.8, 4) is 0 Å². The Kier molecular flexibility index (Phi) is 4.90. The highest BCUT2D eigenvalue weighted by molar-refractivity contribution is 6.43. The van der Waals surface area contributed by atoms with Crippen molar-refractivity contribution >= 4 is 29.1 Å². The molecule has 0 heterocycles. The van der Waals surface area contributed by atoms with Crippen LogP contribution in [0.3, 0.4) is 0 Å². The van der Waals surface area contributed by atoms with E-state index in [0.717, 1.165) is 6.54 Å². The Bertz CT molecular complexity index is 428. The van der Waals surface area contributed by atoms with Gasteiger partial charge in [-0.25, -0.2) is 0 Å². The molecular formula is C14H17Cl2NO. The van der Waals surface area contributed by atoms with Gasteiger partial charge in [-0.2, -0.15) is 0 Å². The molecule has 2 nitrogen and oxygen atoms in total. The van der Waals surface area contributed by atoms with Gasteiger partial charge in [0.2, 0.25) is 0 Å². The summed E-state index contributed by atoms with van der Waals surface area (Å²) >= 11 is 11.9. The topological polar surface area (TPSA) is 29.1 Å². The Morgan fingerprint density at radius 2 is 1.94 bits per heavy atom. The maximum absolute atomic E-state index is 12.0. The van der Waals surface area contributed by atoms with Gasteiger partial charge in [-0.15, -0.1) is 0 Å². The highest BCUT2D eigenvalue weighted by Crippen LogP contribution is 2.26. The quantitative estimate of drug-likeness (QED) is 0.881. The molecule has 4 heteroatoms. The molecule has 1 aromatic carbocycles. The third-order valence-corrected chi connectivity index (χ3v) is 4.29. The maximum Gasteiger partial charge on any atom is 0.252 e. The van der Waals surface area contributed by atoms with Crippen LogP contribution >= 0.6 is 23.2 Å². The van der Waals surface area contributed by atoms with Gasteiger partial charge in [0.15, 0.2) is 0 Å². The minimum absolute atomic E-state index is 0.131. The Morgan fingerprint density at radius 3 is 2.67 bits per heavy atom. The Balaban J connectivity index is 1.93. The van der Waals surface area contributed by atoms with E-state index in [9.17, 15) is 4.79 Å². The van der Waals surface area contributed by atoms with E-state index in [2.05, 4.69) is 5.32 Å². The molecular weight excluding hydrogens is 269 g/mol. The Labute approximate surface area is 118 Å². The summed E-state index contributed by atoms with van der Waals surface area (Å²) in [6.07, 6.45) is 6.30. The first-order valence-electron chi connectivity index (χ1n) is 6.40. The van der Waals surface area contributed by atoms with E-state index in [1.165, 1.54) is 32.1 Å². The van der Waals surface area contributed by atoms with Gasteiger partial charge in [-0.1, -0.05) is 48.5 Å². The van der Waals surface area contributed by atoms with Crippen molar-refractivity contribution in [3.05, 3.63) is 33.8 Å². The first-order chi connectivity index (χ1) is 8.68. The molecule has 1 saturated carbocycles. The van der Waals surface area contributed by atoms with Gasteiger partial charge in [0.1, 0.15) is 0 Å². The normalized spacial score (nSPS) is 16.6. The van der Waals surface area contributed by atoms with Gasteiger partial charge < -0.3 is 5.32 Å². The molecule has 2 rings (SSSR count). The zero-order chi connectivity index (χ0) is 13.0. The van der Waals surface area contributed by atoms with Crippen molar-refractivity contribution in [1.29, 1.82) is 0 Å². The van der Waals surface area contributed by atoms with E-state index < -0.39 is 0 Å². The minimum Gasteiger partial charge on any atom is -0.352 e. The van der Waals surface area contributed by atoms with Crippen molar-refractivity contribution < 1.29 is 4.79 Å². The van der Waals surface area contributed by atoms with E-state index in [-0.39, 0.29) is 5.91 Å². The van der Waals surface area contributed by atoms with Gasteiger partial charge in [-0.3, -0.25) is 4.79 Å². The molecule has 1 aliphatic rings. The molecule has 1 fully saturated rings. The molecule has 0 aliphatic heterocycles. The van der Waals surface area contributed by atoms with Crippen LogP contribution in [0.25, 0.3) is 0 Å². The molecule has 1 aromatic rings. The number of hydrogen-bond acceptors (Lipinski definition) is 1. The lowest BCUT2D eigenvalue weighted by atomic mass is 9.89. The number of carbonyl (C=O) groups excluding carboxylic acids is 1. The van der Waals surface area contributed by atoms with Crippen LogP contribution in [0.5, 0.6) is 0 Å². The summed E-state index contributed by atoms with van der Waals surface area (Å²) < 4.78 is 0. The van der Waals surface area contributed by atoms with Crippen LogP contribution in [-0.2, 0) is 0 Å². The average Bonchev–Trinajstić information content (AvgIpc) is 2.40. The van der Waals surface area contributed by atoms with E-state index >= 15 is 0 Å². The lowest BCUT2D eigenvalue weighted by Crippen LogP contribution is -2.30. The largest absolute Gasteiger partial charge is 0.352 e. The second-order valence-corrected chi connectivity index (χ2v) is 5.60. The van der Waals surface area contributed by atoms with Crippen LogP contribution in [0.2, 0.25) is 10.0 Å². The fourth-order valence-electron chi connectivity index (χ4n) is 2.40. The zero-order valence-electron chi connectivity index (χ0n) is 10.2. The molecule has 1 aliphatic carbocycles. The summed E-state index contributed by atoms with van der Waals surface area (Å²) in [4.78, 5) is 12.0. The number of amides is 1. The number of hydrogen-bond donors (Lipinski definition) is 1. The van der Waals surface area contributed by atoms with Crippen LogP contribution in [0.1, 0.15) is 42.5 Å². The van der Waals surface area contributed by atoms with Crippen LogP contribution in [0.4, 0.5) is 0 Å². The van der Waals surface area contributed by atoms with Crippen molar-refractivity contribution in [2.24, 2.45) is 5.92 Å². The minimum atomic E-state index is -0.131. The molecule has 1 amide bonds. The lowest BCUT2D eigenvalue weighted by Gasteiger charge is -2.21. The van der Waals surface area contributed by atoms with Gasteiger partial charge in [0.05, 0.1) is 15.6 Å². The smallest absolute Gasteiger partial charge is 0.252 e. The molecule has 0 saturated heterocycles. The Morgan fingerprint density at radius 1 is 1.22 bits per heavy atom. The molecule has 0 aromatic heterocycles.